The lowest BCUT2D eigenvalue weighted by atomic mass is 10.1. The van der Waals surface area contributed by atoms with Crippen LogP contribution in [0.15, 0.2) is 101 Å². The van der Waals surface area contributed by atoms with Crippen LogP contribution in [0.25, 0.3) is 17.0 Å². The van der Waals surface area contributed by atoms with Crippen LogP contribution in [0.5, 0.6) is 0 Å². The van der Waals surface area contributed by atoms with Gasteiger partial charge >= 0.3 is 0 Å². The van der Waals surface area contributed by atoms with Crippen molar-refractivity contribution in [3.05, 3.63) is 102 Å². The quantitative estimate of drug-likeness (QED) is 0.395. The number of nitrogens with one attached hydrogen (secondary N) is 1. The molecule has 0 atom stereocenters. The van der Waals surface area contributed by atoms with Gasteiger partial charge in [0.05, 0.1) is 16.1 Å². The van der Waals surface area contributed by atoms with Gasteiger partial charge in [-0.05, 0) is 36.4 Å². The summed E-state index contributed by atoms with van der Waals surface area (Å²) in [7, 11) is -4.03. The Morgan fingerprint density at radius 3 is 2.21 bits per heavy atom. The monoisotopic (exact) mass is 526 g/mol. The van der Waals surface area contributed by atoms with E-state index in [1.807, 2.05) is 59.3 Å². The average Bonchev–Trinajstić information content (AvgIpc) is 3.42. The number of aromatic nitrogens is 1. The molecule has 4 aromatic rings. The van der Waals surface area contributed by atoms with E-state index in [9.17, 15) is 22.8 Å². The number of anilines is 1. The second-order valence-electron chi connectivity index (χ2n) is 8.62. The summed E-state index contributed by atoms with van der Waals surface area (Å²) < 4.78 is 28.2. The molecule has 1 aliphatic rings. The van der Waals surface area contributed by atoms with E-state index < -0.39 is 21.8 Å². The van der Waals surface area contributed by atoms with Crippen LogP contribution >= 0.6 is 0 Å². The van der Waals surface area contributed by atoms with Crippen molar-refractivity contribution in [2.24, 2.45) is 4.99 Å². The summed E-state index contributed by atoms with van der Waals surface area (Å²) in [5.74, 6) is -0.910. The second-order valence-corrected chi connectivity index (χ2v) is 10.3. The Kier molecular flexibility index (Phi) is 6.25. The second kappa shape index (κ2) is 9.56. The fraction of sp³-hybridized carbons (Fsp3) is 0.0714. The summed E-state index contributed by atoms with van der Waals surface area (Å²) in [4.78, 5) is 43.1. The first-order valence-electron chi connectivity index (χ1n) is 11.6. The molecule has 9 nitrogen and oxygen atoms in total. The number of amidine groups is 1. The Hall–Kier alpha value is -4.83. The van der Waals surface area contributed by atoms with Gasteiger partial charge in [-0.2, -0.15) is 0 Å². The molecule has 0 fully saturated rings. The zero-order valence-corrected chi connectivity index (χ0v) is 21.3. The molecule has 0 spiro atoms. The number of hydrogen-bond acceptors (Lipinski definition) is 6. The number of rotatable bonds is 5. The van der Waals surface area contributed by atoms with Gasteiger partial charge in [0.25, 0.3) is 15.9 Å². The van der Waals surface area contributed by atoms with Crippen molar-refractivity contribution in [3.8, 4) is 0 Å². The lowest BCUT2D eigenvalue weighted by Crippen LogP contribution is -2.33. The summed E-state index contributed by atoms with van der Waals surface area (Å²) in [6, 6.07) is 22.1. The SMILES string of the molecule is CC(=O)NS(=O)(=O)c1ccc(N2C(=O)/C(=C\c3cn(C(C)=O)c4ccccc34)N=C2c2ccccc2)cc1. The molecule has 1 aromatic heterocycles. The van der Waals surface area contributed by atoms with Crippen LogP contribution in [-0.4, -0.2) is 36.5 Å². The number of amides is 2. The summed E-state index contributed by atoms with van der Waals surface area (Å²) >= 11 is 0. The molecule has 2 amide bonds. The zero-order valence-electron chi connectivity index (χ0n) is 20.5. The maximum atomic E-state index is 13.7. The molecule has 190 valence electrons. The Bertz CT molecular complexity index is 1770. The molecular formula is C28H22N4O5S. The summed E-state index contributed by atoms with van der Waals surface area (Å²) in [6.07, 6.45) is 3.32. The van der Waals surface area contributed by atoms with E-state index in [0.29, 0.717) is 22.6 Å². The minimum atomic E-state index is -4.03. The largest absolute Gasteiger partial charge is 0.287 e. The lowest BCUT2D eigenvalue weighted by Gasteiger charge is -2.19. The van der Waals surface area contributed by atoms with Crippen molar-refractivity contribution < 1.29 is 22.8 Å². The maximum Gasteiger partial charge on any atom is 0.282 e. The first-order valence-corrected chi connectivity index (χ1v) is 13.1. The van der Waals surface area contributed by atoms with Crippen molar-refractivity contribution in [2.75, 3.05) is 4.90 Å². The molecule has 0 radical (unpaired) electrons. The number of sulfonamides is 1. The minimum Gasteiger partial charge on any atom is -0.287 e. The number of fused-ring (bicyclic) bond motifs is 1. The predicted octanol–water partition coefficient (Wildman–Crippen LogP) is 3.96. The highest BCUT2D eigenvalue weighted by molar-refractivity contribution is 7.90. The molecule has 0 unspecified atom stereocenters. The smallest absolute Gasteiger partial charge is 0.282 e. The molecule has 0 saturated heterocycles. The van der Waals surface area contributed by atoms with Gasteiger partial charge in [0.1, 0.15) is 11.5 Å². The highest BCUT2D eigenvalue weighted by Gasteiger charge is 2.33. The highest BCUT2D eigenvalue weighted by atomic mass is 32.2. The summed E-state index contributed by atoms with van der Waals surface area (Å²) in [6.45, 7) is 2.58. The van der Waals surface area contributed by atoms with Gasteiger partial charge in [0, 0.05) is 36.6 Å². The number of carbonyl (C=O) groups excluding carboxylic acids is 3. The normalized spacial score (nSPS) is 14.7. The van der Waals surface area contributed by atoms with Gasteiger partial charge in [-0.15, -0.1) is 0 Å². The zero-order chi connectivity index (χ0) is 27.0. The number of benzene rings is 3. The van der Waals surface area contributed by atoms with Gasteiger partial charge in [-0.1, -0.05) is 48.5 Å². The third-order valence-corrected chi connectivity index (χ3v) is 7.40. The number of para-hydroxylation sites is 1. The third-order valence-electron chi connectivity index (χ3n) is 5.95. The van der Waals surface area contributed by atoms with E-state index in [1.165, 1.54) is 40.7 Å². The van der Waals surface area contributed by atoms with Crippen molar-refractivity contribution in [2.45, 2.75) is 18.7 Å². The van der Waals surface area contributed by atoms with Crippen LogP contribution in [0.4, 0.5) is 5.69 Å². The van der Waals surface area contributed by atoms with Crippen molar-refractivity contribution in [1.29, 1.82) is 0 Å². The molecule has 5 rings (SSSR count). The van der Waals surface area contributed by atoms with E-state index in [2.05, 4.69) is 4.99 Å². The van der Waals surface area contributed by atoms with E-state index >= 15 is 0 Å². The van der Waals surface area contributed by atoms with E-state index in [1.54, 1.807) is 12.3 Å². The van der Waals surface area contributed by atoms with Crippen LogP contribution in [0, 0.1) is 0 Å². The topological polar surface area (TPSA) is 118 Å². The molecule has 10 heteroatoms. The van der Waals surface area contributed by atoms with Crippen LogP contribution in [0.2, 0.25) is 0 Å². The summed E-state index contributed by atoms with van der Waals surface area (Å²) in [5.41, 5.74) is 2.62. The van der Waals surface area contributed by atoms with Gasteiger partial charge in [-0.25, -0.2) is 18.1 Å². The molecule has 38 heavy (non-hydrogen) atoms. The molecule has 2 heterocycles. The van der Waals surface area contributed by atoms with Crippen molar-refractivity contribution in [1.82, 2.24) is 9.29 Å². The van der Waals surface area contributed by atoms with E-state index in [4.69, 9.17) is 0 Å². The third kappa shape index (κ3) is 4.53. The van der Waals surface area contributed by atoms with E-state index in [-0.39, 0.29) is 16.5 Å². The fourth-order valence-electron chi connectivity index (χ4n) is 4.29. The van der Waals surface area contributed by atoms with Crippen LogP contribution < -0.4 is 9.62 Å². The fourth-order valence-corrected chi connectivity index (χ4v) is 5.28. The average molecular weight is 527 g/mol. The lowest BCUT2D eigenvalue weighted by molar-refractivity contribution is -0.117. The van der Waals surface area contributed by atoms with Crippen molar-refractivity contribution >= 4 is 56.2 Å². The van der Waals surface area contributed by atoms with Crippen LogP contribution in [0.1, 0.15) is 29.8 Å². The Morgan fingerprint density at radius 2 is 1.55 bits per heavy atom. The summed E-state index contributed by atoms with van der Waals surface area (Å²) in [5, 5.41) is 0.797. The molecule has 1 aliphatic heterocycles. The van der Waals surface area contributed by atoms with Gasteiger partial charge in [0.15, 0.2) is 0 Å². The minimum absolute atomic E-state index is 0.117. The molecule has 0 bridgehead atoms. The predicted molar refractivity (Wildman–Crippen MR) is 144 cm³/mol. The van der Waals surface area contributed by atoms with Crippen LogP contribution in [-0.2, 0) is 19.6 Å². The first-order chi connectivity index (χ1) is 18.2. The van der Waals surface area contributed by atoms with Crippen LogP contribution in [0.3, 0.4) is 0 Å². The Balaban J connectivity index is 1.60. The molecule has 3 aromatic carbocycles. The first kappa shape index (κ1) is 24.8. The number of nitrogens with zero attached hydrogens (tertiary/aromatic N) is 3. The van der Waals surface area contributed by atoms with Gasteiger partial charge in [0.2, 0.25) is 11.8 Å². The van der Waals surface area contributed by atoms with E-state index in [0.717, 1.165) is 17.8 Å². The van der Waals surface area contributed by atoms with Gasteiger partial charge in [-0.3, -0.25) is 23.9 Å². The standard InChI is InChI=1S/C28H22N4O5S/c1-18(33)30-38(36,37)23-14-12-22(13-15-23)32-27(20-8-4-3-5-9-20)29-25(28(32)35)16-21-17-31(19(2)34)26-11-7-6-10-24(21)26/h3-17H,1-2H3,(H,30,33)/b25-16+. The maximum absolute atomic E-state index is 13.7. The highest BCUT2D eigenvalue weighted by Crippen LogP contribution is 2.31. The molecule has 0 aliphatic carbocycles. The molecule has 1 N–H and O–H groups in total. The number of aliphatic imine (C=N–C) groups is 1. The molecule has 0 saturated carbocycles. The van der Waals surface area contributed by atoms with Crippen molar-refractivity contribution in [3.63, 3.8) is 0 Å². The Morgan fingerprint density at radius 1 is 0.895 bits per heavy atom. The molecular weight excluding hydrogens is 504 g/mol. The number of carbonyl (C=O) groups is 3. The Labute approximate surface area is 218 Å². The number of hydrogen-bond donors (Lipinski definition) is 1. The van der Waals surface area contributed by atoms with Gasteiger partial charge < -0.3 is 0 Å².